The number of hydrogen-bond donors (Lipinski definition) is 1. The second-order valence-corrected chi connectivity index (χ2v) is 8.87. The van der Waals surface area contributed by atoms with Gasteiger partial charge < -0.3 is 9.88 Å². The third-order valence-electron chi connectivity index (χ3n) is 4.92. The van der Waals surface area contributed by atoms with Crippen LogP contribution >= 0.6 is 0 Å². The van der Waals surface area contributed by atoms with Crippen LogP contribution in [0.25, 0.3) is 11.4 Å². The van der Waals surface area contributed by atoms with E-state index in [2.05, 4.69) is 14.9 Å². The Balaban J connectivity index is 1.43. The molecule has 0 aliphatic carbocycles. The lowest BCUT2D eigenvalue weighted by Gasteiger charge is -2.29. The molecule has 146 valence electrons. The fraction of sp³-hybridized carbons (Fsp3) is 0.474. The molecule has 0 saturated carbocycles. The monoisotopic (exact) mass is 390 g/mol. The van der Waals surface area contributed by atoms with Crippen molar-refractivity contribution in [3.63, 3.8) is 0 Å². The molecular formula is C19H26N4O3S. The normalized spacial score (nSPS) is 16.3. The Kier molecular flexibility index (Phi) is 6.28. The molecule has 8 heteroatoms. The first-order valence-electron chi connectivity index (χ1n) is 9.24. The number of nitrogens with zero attached hydrogens (tertiary/aromatic N) is 3. The zero-order valence-electron chi connectivity index (χ0n) is 15.5. The standard InChI is InChI=1S/C19H26N4O3S/c1-27(25,26)23-13-8-17(9-14-23)19(24)21-10-5-12-22-15-11-20-18(22)16-6-3-2-4-7-16/h2-4,6-7,11,15,17H,5,8-10,12-14H2,1H3,(H,21,24). The van der Waals surface area contributed by atoms with E-state index in [1.165, 1.54) is 10.6 Å². The van der Waals surface area contributed by atoms with Crippen LogP contribution in [0.2, 0.25) is 0 Å². The number of benzene rings is 1. The largest absolute Gasteiger partial charge is 0.356 e. The van der Waals surface area contributed by atoms with Gasteiger partial charge in [-0.1, -0.05) is 30.3 Å². The summed E-state index contributed by atoms with van der Waals surface area (Å²) < 4.78 is 26.6. The van der Waals surface area contributed by atoms with E-state index in [-0.39, 0.29) is 11.8 Å². The second kappa shape index (κ2) is 8.67. The molecule has 2 aromatic rings. The van der Waals surface area contributed by atoms with Crippen molar-refractivity contribution in [3.8, 4) is 11.4 Å². The lowest BCUT2D eigenvalue weighted by Crippen LogP contribution is -2.42. The van der Waals surface area contributed by atoms with Gasteiger partial charge in [-0.05, 0) is 19.3 Å². The SMILES string of the molecule is CS(=O)(=O)N1CCC(C(=O)NCCCn2ccnc2-c2ccccc2)CC1. The molecule has 1 N–H and O–H groups in total. The summed E-state index contributed by atoms with van der Waals surface area (Å²) in [5.74, 6) is 0.850. The van der Waals surface area contributed by atoms with E-state index >= 15 is 0 Å². The number of carbonyl (C=O) groups is 1. The van der Waals surface area contributed by atoms with Crippen LogP contribution in [-0.2, 0) is 21.4 Å². The van der Waals surface area contributed by atoms with Gasteiger partial charge in [-0.15, -0.1) is 0 Å². The number of aryl methyl sites for hydroxylation is 1. The average molecular weight is 391 g/mol. The summed E-state index contributed by atoms with van der Waals surface area (Å²) in [6.45, 7) is 2.22. The van der Waals surface area contributed by atoms with Crippen molar-refractivity contribution in [3.05, 3.63) is 42.7 Å². The lowest BCUT2D eigenvalue weighted by atomic mass is 9.97. The van der Waals surface area contributed by atoms with E-state index in [4.69, 9.17) is 0 Å². The zero-order valence-corrected chi connectivity index (χ0v) is 16.4. The molecule has 1 aromatic heterocycles. The number of amides is 1. The highest BCUT2D eigenvalue weighted by Gasteiger charge is 2.28. The molecule has 1 aliphatic rings. The third-order valence-corrected chi connectivity index (χ3v) is 6.22. The molecule has 3 rings (SSSR count). The maximum atomic E-state index is 12.3. The lowest BCUT2D eigenvalue weighted by molar-refractivity contribution is -0.126. The summed E-state index contributed by atoms with van der Waals surface area (Å²) in [5, 5.41) is 2.99. The summed E-state index contributed by atoms with van der Waals surface area (Å²) in [6.07, 6.45) is 6.93. The number of aromatic nitrogens is 2. The minimum absolute atomic E-state index is 0.0251. The van der Waals surface area contributed by atoms with Crippen LogP contribution in [-0.4, -0.2) is 54.1 Å². The number of hydrogen-bond acceptors (Lipinski definition) is 4. The fourth-order valence-electron chi connectivity index (χ4n) is 3.39. The number of carbonyl (C=O) groups excluding carboxylic acids is 1. The van der Waals surface area contributed by atoms with Crippen molar-refractivity contribution in [2.24, 2.45) is 5.92 Å². The summed E-state index contributed by atoms with van der Waals surface area (Å²) >= 11 is 0. The van der Waals surface area contributed by atoms with Gasteiger partial charge in [0.25, 0.3) is 0 Å². The number of imidazole rings is 1. The van der Waals surface area contributed by atoms with Crippen LogP contribution in [0.1, 0.15) is 19.3 Å². The van der Waals surface area contributed by atoms with E-state index in [1.54, 1.807) is 6.20 Å². The quantitative estimate of drug-likeness (QED) is 0.730. The Morgan fingerprint density at radius 3 is 2.59 bits per heavy atom. The summed E-state index contributed by atoms with van der Waals surface area (Å²) in [5.41, 5.74) is 1.07. The molecule has 1 amide bonds. The number of piperidine rings is 1. The van der Waals surface area contributed by atoms with Gasteiger partial charge in [0.15, 0.2) is 0 Å². The van der Waals surface area contributed by atoms with Crippen molar-refractivity contribution in [1.29, 1.82) is 0 Å². The molecular weight excluding hydrogens is 364 g/mol. The first-order valence-corrected chi connectivity index (χ1v) is 11.1. The number of rotatable bonds is 7. The van der Waals surface area contributed by atoms with Crippen molar-refractivity contribution in [2.45, 2.75) is 25.8 Å². The second-order valence-electron chi connectivity index (χ2n) is 6.89. The van der Waals surface area contributed by atoms with Crippen molar-refractivity contribution in [1.82, 2.24) is 19.2 Å². The highest BCUT2D eigenvalue weighted by molar-refractivity contribution is 7.88. The average Bonchev–Trinajstić information content (AvgIpc) is 3.14. The van der Waals surface area contributed by atoms with Gasteiger partial charge in [-0.2, -0.15) is 0 Å². The molecule has 0 radical (unpaired) electrons. The van der Waals surface area contributed by atoms with E-state index in [0.717, 1.165) is 24.4 Å². The molecule has 1 saturated heterocycles. The Labute approximate surface area is 160 Å². The minimum atomic E-state index is -3.16. The molecule has 27 heavy (non-hydrogen) atoms. The van der Waals surface area contributed by atoms with E-state index in [9.17, 15) is 13.2 Å². The first-order chi connectivity index (χ1) is 12.9. The molecule has 1 aromatic carbocycles. The van der Waals surface area contributed by atoms with Crippen molar-refractivity contribution in [2.75, 3.05) is 25.9 Å². The Bertz CT molecular complexity index is 856. The van der Waals surface area contributed by atoms with Crippen LogP contribution in [0.3, 0.4) is 0 Å². The van der Waals surface area contributed by atoms with Crippen LogP contribution in [0.15, 0.2) is 42.7 Å². The Hall–Kier alpha value is -2.19. The van der Waals surface area contributed by atoms with E-state index in [0.29, 0.717) is 32.5 Å². The van der Waals surface area contributed by atoms with Gasteiger partial charge in [-0.25, -0.2) is 17.7 Å². The zero-order chi connectivity index (χ0) is 19.3. The number of nitrogens with one attached hydrogen (secondary N) is 1. The molecule has 1 fully saturated rings. The fourth-order valence-corrected chi connectivity index (χ4v) is 4.27. The van der Waals surface area contributed by atoms with E-state index < -0.39 is 10.0 Å². The summed E-state index contributed by atoms with van der Waals surface area (Å²) in [4.78, 5) is 16.7. The smallest absolute Gasteiger partial charge is 0.223 e. The Morgan fingerprint density at radius 2 is 1.93 bits per heavy atom. The molecule has 0 spiro atoms. The van der Waals surface area contributed by atoms with Gasteiger partial charge >= 0.3 is 0 Å². The van der Waals surface area contributed by atoms with Crippen molar-refractivity contribution >= 4 is 15.9 Å². The summed E-state index contributed by atoms with van der Waals surface area (Å²) in [7, 11) is -3.16. The summed E-state index contributed by atoms with van der Waals surface area (Å²) in [6, 6.07) is 10.0. The minimum Gasteiger partial charge on any atom is -0.356 e. The van der Waals surface area contributed by atoms with Crippen LogP contribution < -0.4 is 5.32 Å². The molecule has 2 heterocycles. The maximum Gasteiger partial charge on any atom is 0.223 e. The van der Waals surface area contributed by atoms with Crippen LogP contribution in [0.5, 0.6) is 0 Å². The molecule has 0 unspecified atom stereocenters. The van der Waals surface area contributed by atoms with Gasteiger partial charge in [0.2, 0.25) is 15.9 Å². The third kappa shape index (κ3) is 5.17. The van der Waals surface area contributed by atoms with Gasteiger partial charge in [-0.3, -0.25) is 4.79 Å². The predicted octanol–water partition coefficient (Wildman–Crippen LogP) is 1.73. The first kappa shape index (κ1) is 19.6. The highest BCUT2D eigenvalue weighted by atomic mass is 32.2. The highest BCUT2D eigenvalue weighted by Crippen LogP contribution is 2.19. The van der Waals surface area contributed by atoms with Crippen LogP contribution in [0, 0.1) is 5.92 Å². The van der Waals surface area contributed by atoms with Crippen molar-refractivity contribution < 1.29 is 13.2 Å². The number of sulfonamides is 1. The molecule has 7 nitrogen and oxygen atoms in total. The van der Waals surface area contributed by atoms with E-state index in [1.807, 2.05) is 36.5 Å². The Morgan fingerprint density at radius 1 is 1.22 bits per heavy atom. The van der Waals surface area contributed by atoms with Gasteiger partial charge in [0.05, 0.1) is 6.26 Å². The van der Waals surface area contributed by atoms with Gasteiger partial charge in [0, 0.05) is 50.1 Å². The van der Waals surface area contributed by atoms with Gasteiger partial charge in [0.1, 0.15) is 5.82 Å². The molecule has 0 atom stereocenters. The van der Waals surface area contributed by atoms with Crippen LogP contribution in [0.4, 0.5) is 0 Å². The predicted molar refractivity (Wildman–Crippen MR) is 104 cm³/mol. The maximum absolute atomic E-state index is 12.3. The molecule has 1 aliphatic heterocycles. The molecule has 0 bridgehead atoms. The topological polar surface area (TPSA) is 84.3 Å².